The van der Waals surface area contributed by atoms with Crippen LogP contribution in [0.15, 0.2) is 0 Å². The van der Waals surface area contributed by atoms with Gasteiger partial charge >= 0.3 is 0 Å². The fourth-order valence-electron chi connectivity index (χ4n) is 11.0. The molecule has 188 valence electrons. The summed E-state index contributed by atoms with van der Waals surface area (Å²) in [4.78, 5) is 2.38. The lowest BCUT2D eigenvalue weighted by atomic mass is 9.42. The smallest absolute Gasteiger partial charge is 0.136 e. The predicted octanol–water partition coefficient (Wildman–Crippen LogP) is 0.271. The van der Waals surface area contributed by atoms with E-state index in [0.29, 0.717) is 13.0 Å². The summed E-state index contributed by atoms with van der Waals surface area (Å²) in [7, 11) is 6.85. The first-order valence-electron chi connectivity index (χ1n) is 12.7. The number of aliphatic hydroxyl groups excluding tert-OH is 1. The Kier molecular flexibility index (Phi) is 4.99. The minimum atomic E-state index is -1.55. The lowest BCUT2D eigenvalue weighted by molar-refractivity contribution is -0.318. The van der Waals surface area contributed by atoms with Crippen LogP contribution in [-0.2, 0) is 18.9 Å². The van der Waals surface area contributed by atoms with Crippen molar-refractivity contribution in [2.75, 3.05) is 48.1 Å². The maximum Gasteiger partial charge on any atom is 0.136 e. The molecule has 1 spiro atoms. The number of fused-ring (bicyclic) bond motifs is 2. The third kappa shape index (κ3) is 2.20. The maximum absolute atomic E-state index is 12.9. The number of ether oxygens (including phenoxy) is 4. The summed E-state index contributed by atoms with van der Waals surface area (Å²) < 4.78 is 24.2. The molecule has 0 amide bonds. The average molecular weight is 468 g/mol. The van der Waals surface area contributed by atoms with Crippen LogP contribution in [0.5, 0.6) is 0 Å². The van der Waals surface area contributed by atoms with Gasteiger partial charge in [0.2, 0.25) is 0 Å². The highest BCUT2D eigenvalue weighted by Crippen LogP contribution is 2.80. The Morgan fingerprint density at radius 2 is 1.82 bits per heavy atom. The fourth-order valence-corrected chi connectivity index (χ4v) is 11.0. The van der Waals surface area contributed by atoms with E-state index in [9.17, 15) is 15.3 Å². The van der Waals surface area contributed by atoms with Crippen molar-refractivity contribution in [3.63, 3.8) is 0 Å². The van der Waals surface area contributed by atoms with E-state index < -0.39 is 34.7 Å². The van der Waals surface area contributed by atoms with Crippen LogP contribution in [0, 0.1) is 34.5 Å². The molecule has 1 heterocycles. The number of rotatable bonds is 6. The second kappa shape index (κ2) is 7.13. The molecule has 1 saturated heterocycles. The van der Waals surface area contributed by atoms with E-state index in [0.717, 1.165) is 32.4 Å². The lowest BCUT2D eigenvalue weighted by Crippen LogP contribution is -2.82. The van der Waals surface area contributed by atoms with E-state index in [4.69, 9.17) is 18.9 Å². The topological polar surface area (TPSA) is 101 Å². The van der Waals surface area contributed by atoms with E-state index in [1.165, 1.54) is 0 Å². The van der Waals surface area contributed by atoms with Gasteiger partial charge in [-0.1, -0.05) is 6.92 Å². The normalized spacial score (nSPS) is 60.9. The number of aliphatic hydroxyl groups is 3. The van der Waals surface area contributed by atoms with Gasteiger partial charge in [0.1, 0.15) is 11.2 Å². The van der Waals surface area contributed by atoms with E-state index in [-0.39, 0.29) is 41.4 Å². The number of hydrogen-bond donors (Lipinski definition) is 3. The highest BCUT2D eigenvalue weighted by Gasteiger charge is 2.91. The molecule has 5 aliphatic carbocycles. The Morgan fingerprint density at radius 3 is 2.42 bits per heavy atom. The van der Waals surface area contributed by atoms with Crippen molar-refractivity contribution >= 4 is 0 Å². The summed E-state index contributed by atoms with van der Waals surface area (Å²) in [6.07, 6.45) is 1.21. The van der Waals surface area contributed by atoms with Gasteiger partial charge in [-0.25, -0.2) is 0 Å². The van der Waals surface area contributed by atoms with Crippen LogP contribution in [0.1, 0.15) is 32.6 Å². The molecule has 13 atom stereocenters. The summed E-state index contributed by atoms with van der Waals surface area (Å²) in [5.41, 5.74) is -3.70. The van der Waals surface area contributed by atoms with E-state index in [1.807, 2.05) is 0 Å². The van der Waals surface area contributed by atoms with Crippen LogP contribution >= 0.6 is 0 Å². The third-order valence-electron chi connectivity index (χ3n) is 11.5. The minimum absolute atomic E-state index is 0.00825. The average Bonchev–Trinajstić information content (AvgIpc) is 3.16. The summed E-state index contributed by atoms with van der Waals surface area (Å²) in [5.74, 6) is -0.492. The predicted molar refractivity (Wildman–Crippen MR) is 119 cm³/mol. The quantitative estimate of drug-likeness (QED) is 0.512. The van der Waals surface area contributed by atoms with E-state index in [1.54, 1.807) is 28.4 Å². The zero-order valence-corrected chi connectivity index (χ0v) is 20.6. The molecule has 0 aromatic carbocycles. The van der Waals surface area contributed by atoms with Crippen LogP contribution in [0.3, 0.4) is 0 Å². The van der Waals surface area contributed by atoms with E-state index >= 15 is 0 Å². The molecule has 8 nitrogen and oxygen atoms in total. The van der Waals surface area contributed by atoms with Crippen molar-refractivity contribution in [2.45, 2.75) is 74.3 Å². The van der Waals surface area contributed by atoms with Gasteiger partial charge in [0, 0.05) is 70.0 Å². The number of hydrogen-bond acceptors (Lipinski definition) is 8. The number of nitrogens with zero attached hydrogens (tertiary/aromatic N) is 1. The highest BCUT2D eigenvalue weighted by atomic mass is 16.5. The monoisotopic (exact) mass is 467 g/mol. The highest BCUT2D eigenvalue weighted by molar-refractivity contribution is 5.41. The summed E-state index contributed by atoms with van der Waals surface area (Å²) in [5, 5.41) is 37.1. The molecule has 13 unspecified atom stereocenters. The molecule has 6 rings (SSSR count). The number of methoxy groups -OCH3 is 4. The second-order valence-electron chi connectivity index (χ2n) is 11.9. The van der Waals surface area contributed by atoms with Crippen LogP contribution in [0.2, 0.25) is 0 Å². The van der Waals surface area contributed by atoms with Crippen molar-refractivity contribution in [1.82, 2.24) is 4.90 Å². The third-order valence-corrected chi connectivity index (χ3v) is 11.5. The van der Waals surface area contributed by atoms with Gasteiger partial charge in [-0.2, -0.15) is 0 Å². The van der Waals surface area contributed by atoms with Crippen molar-refractivity contribution in [2.24, 2.45) is 34.5 Å². The van der Waals surface area contributed by atoms with Gasteiger partial charge in [-0.05, 0) is 31.7 Å². The van der Waals surface area contributed by atoms with Crippen LogP contribution in [0.4, 0.5) is 0 Å². The van der Waals surface area contributed by atoms with Crippen LogP contribution < -0.4 is 0 Å². The van der Waals surface area contributed by atoms with Gasteiger partial charge in [0.05, 0.1) is 37.1 Å². The van der Waals surface area contributed by atoms with Gasteiger partial charge in [0.25, 0.3) is 0 Å². The molecular weight excluding hydrogens is 426 g/mol. The molecule has 3 N–H and O–H groups in total. The summed E-state index contributed by atoms with van der Waals surface area (Å²) >= 11 is 0. The molecule has 8 heteroatoms. The van der Waals surface area contributed by atoms with Crippen molar-refractivity contribution in [3.05, 3.63) is 0 Å². The molecule has 7 bridgehead atoms. The first kappa shape index (κ1) is 23.1. The second-order valence-corrected chi connectivity index (χ2v) is 11.9. The van der Waals surface area contributed by atoms with Gasteiger partial charge in [-0.3, -0.25) is 4.90 Å². The molecule has 6 aliphatic rings. The standard InChI is InChI=1S/C25H41NO7/c1-6-26-11-22(12-30-2)8-7-16(32-4)24-14-9-13-15(31-3)10-23(28,17(14)18(13)27)25(29,21(24)26)20(33-5)19(22)24/h13-21,27-29H,6-12H2,1-5H3. The first-order valence-corrected chi connectivity index (χ1v) is 12.7. The Balaban J connectivity index is 1.68. The lowest BCUT2D eigenvalue weighted by Gasteiger charge is -2.70. The zero-order chi connectivity index (χ0) is 23.6. The van der Waals surface area contributed by atoms with Crippen molar-refractivity contribution < 1.29 is 34.3 Å². The van der Waals surface area contributed by atoms with Gasteiger partial charge in [0.15, 0.2) is 0 Å². The number of likely N-dealkylation sites (N-methyl/N-ethyl adjacent to an activating group) is 1. The SMILES string of the molecule is CCN1CC2(COC)CCC(OC)C34C5CC6C(OC)CC(O)(C5C6O)C(O)(C(OC)C23)C14. The first-order chi connectivity index (χ1) is 15.8. The Hall–Kier alpha value is -0.320. The molecule has 33 heavy (non-hydrogen) atoms. The number of piperidine rings is 1. The maximum atomic E-state index is 12.9. The van der Waals surface area contributed by atoms with Crippen molar-refractivity contribution in [1.29, 1.82) is 0 Å². The summed E-state index contributed by atoms with van der Waals surface area (Å²) in [6.45, 7) is 4.28. The Labute approximate surface area is 196 Å². The zero-order valence-electron chi connectivity index (χ0n) is 20.6. The molecule has 0 radical (unpaired) electrons. The van der Waals surface area contributed by atoms with Crippen molar-refractivity contribution in [3.8, 4) is 0 Å². The van der Waals surface area contributed by atoms with Gasteiger partial charge < -0.3 is 34.3 Å². The molecular formula is C25H41NO7. The largest absolute Gasteiger partial charge is 0.392 e. The summed E-state index contributed by atoms with van der Waals surface area (Å²) in [6, 6.07) is -0.312. The molecule has 0 aromatic heterocycles. The Bertz CT molecular complexity index is 814. The number of likely N-dealkylation sites (tertiary alicyclic amines) is 1. The minimum Gasteiger partial charge on any atom is -0.392 e. The van der Waals surface area contributed by atoms with E-state index in [2.05, 4.69) is 11.8 Å². The molecule has 1 aliphatic heterocycles. The Morgan fingerprint density at radius 1 is 1.06 bits per heavy atom. The molecule has 0 aromatic rings. The van der Waals surface area contributed by atoms with Gasteiger partial charge in [-0.15, -0.1) is 0 Å². The molecule has 6 fully saturated rings. The fraction of sp³-hybridized carbons (Fsp3) is 1.00. The van der Waals surface area contributed by atoms with Crippen LogP contribution in [0.25, 0.3) is 0 Å². The van der Waals surface area contributed by atoms with Crippen LogP contribution in [-0.4, -0.2) is 110 Å². The molecule has 5 saturated carbocycles.